The number of benzene rings is 1. The molecule has 1 aliphatic heterocycles. The van der Waals surface area contributed by atoms with Gasteiger partial charge in [-0.1, -0.05) is 6.07 Å². The SMILES string of the molecule is Cl.O=C(c1ccc2c(c1)CCC2)N1CCNCC1. The number of nitrogens with zero attached hydrogens (tertiary/aromatic N) is 1. The largest absolute Gasteiger partial charge is 0.336 e. The van der Waals surface area contributed by atoms with E-state index in [9.17, 15) is 4.79 Å². The molecule has 0 radical (unpaired) electrons. The maximum Gasteiger partial charge on any atom is 0.253 e. The van der Waals surface area contributed by atoms with Crippen molar-refractivity contribution in [2.24, 2.45) is 0 Å². The molecule has 3 nitrogen and oxygen atoms in total. The van der Waals surface area contributed by atoms with Gasteiger partial charge in [-0.2, -0.15) is 0 Å². The van der Waals surface area contributed by atoms with Crippen LogP contribution in [0.5, 0.6) is 0 Å². The van der Waals surface area contributed by atoms with Crippen molar-refractivity contribution in [3.63, 3.8) is 0 Å². The third kappa shape index (κ3) is 2.52. The van der Waals surface area contributed by atoms with Crippen molar-refractivity contribution < 1.29 is 4.79 Å². The van der Waals surface area contributed by atoms with Crippen molar-refractivity contribution in [3.05, 3.63) is 34.9 Å². The molecule has 1 amide bonds. The highest BCUT2D eigenvalue weighted by Crippen LogP contribution is 2.23. The minimum absolute atomic E-state index is 0. The summed E-state index contributed by atoms with van der Waals surface area (Å²) in [7, 11) is 0. The van der Waals surface area contributed by atoms with Crippen LogP contribution in [0.3, 0.4) is 0 Å². The number of halogens is 1. The first-order valence-electron chi connectivity index (χ1n) is 6.46. The number of rotatable bonds is 1. The molecule has 1 aromatic rings. The Morgan fingerprint density at radius 3 is 2.61 bits per heavy atom. The predicted molar refractivity (Wildman–Crippen MR) is 74.5 cm³/mol. The summed E-state index contributed by atoms with van der Waals surface area (Å²) in [6.45, 7) is 3.49. The lowest BCUT2D eigenvalue weighted by Crippen LogP contribution is -2.46. The monoisotopic (exact) mass is 266 g/mol. The van der Waals surface area contributed by atoms with Crippen LogP contribution in [0.25, 0.3) is 0 Å². The van der Waals surface area contributed by atoms with Crippen molar-refractivity contribution in [1.82, 2.24) is 10.2 Å². The Bertz CT molecular complexity index is 441. The zero-order valence-corrected chi connectivity index (χ0v) is 11.3. The highest BCUT2D eigenvalue weighted by Gasteiger charge is 2.19. The van der Waals surface area contributed by atoms with Crippen LogP contribution < -0.4 is 5.32 Å². The van der Waals surface area contributed by atoms with Crippen LogP contribution in [0, 0.1) is 0 Å². The summed E-state index contributed by atoms with van der Waals surface area (Å²) in [5.41, 5.74) is 3.68. The van der Waals surface area contributed by atoms with Crippen molar-refractivity contribution >= 4 is 18.3 Å². The molecule has 18 heavy (non-hydrogen) atoms. The maximum atomic E-state index is 12.3. The van der Waals surface area contributed by atoms with E-state index in [1.54, 1.807) is 0 Å². The van der Waals surface area contributed by atoms with E-state index in [0.29, 0.717) is 0 Å². The van der Waals surface area contributed by atoms with Gasteiger partial charge >= 0.3 is 0 Å². The van der Waals surface area contributed by atoms with E-state index in [0.717, 1.165) is 38.2 Å². The van der Waals surface area contributed by atoms with Gasteiger partial charge in [-0.05, 0) is 42.5 Å². The molecule has 1 aromatic carbocycles. The molecule has 1 saturated heterocycles. The lowest BCUT2D eigenvalue weighted by atomic mass is 10.1. The van der Waals surface area contributed by atoms with E-state index in [-0.39, 0.29) is 18.3 Å². The molecule has 0 unspecified atom stereocenters. The number of aryl methyl sites for hydroxylation is 2. The quantitative estimate of drug-likeness (QED) is 0.838. The fraction of sp³-hybridized carbons (Fsp3) is 0.500. The summed E-state index contributed by atoms with van der Waals surface area (Å²) in [6, 6.07) is 6.24. The van der Waals surface area contributed by atoms with Gasteiger partial charge in [0.05, 0.1) is 0 Å². The second kappa shape index (κ2) is 5.72. The molecule has 4 heteroatoms. The van der Waals surface area contributed by atoms with Crippen LogP contribution >= 0.6 is 12.4 Å². The van der Waals surface area contributed by atoms with Crippen LogP contribution in [0.2, 0.25) is 0 Å². The number of hydrogen-bond acceptors (Lipinski definition) is 2. The molecule has 1 N–H and O–H groups in total. The Kier molecular flexibility index (Phi) is 4.25. The van der Waals surface area contributed by atoms with Gasteiger partial charge in [0.1, 0.15) is 0 Å². The van der Waals surface area contributed by atoms with Gasteiger partial charge in [-0.3, -0.25) is 4.79 Å². The summed E-state index contributed by atoms with van der Waals surface area (Å²) in [5.74, 6) is 0.196. The van der Waals surface area contributed by atoms with E-state index in [1.807, 2.05) is 11.0 Å². The van der Waals surface area contributed by atoms with Crippen molar-refractivity contribution in [2.75, 3.05) is 26.2 Å². The van der Waals surface area contributed by atoms with Gasteiger partial charge in [0.15, 0.2) is 0 Å². The molecule has 0 atom stereocenters. The van der Waals surface area contributed by atoms with E-state index >= 15 is 0 Å². The van der Waals surface area contributed by atoms with Crippen molar-refractivity contribution in [2.45, 2.75) is 19.3 Å². The topological polar surface area (TPSA) is 32.3 Å². The Morgan fingerprint density at radius 2 is 1.83 bits per heavy atom. The summed E-state index contributed by atoms with van der Waals surface area (Å²) in [6.07, 6.45) is 3.55. The predicted octanol–water partition coefficient (Wildman–Crippen LogP) is 1.64. The van der Waals surface area contributed by atoms with E-state index in [4.69, 9.17) is 0 Å². The van der Waals surface area contributed by atoms with Crippen LogP contribution in [-0.2, 0) is 12.8 Å². The van der Waals surface area contributed by atoms with Gasteiger partial charge in [-0.25, -0.2) is 0 Å². The number of amides is 1. The Labute approximate surface area is 114 Å². The van der Waals surface area contributed by atoms with E-state index in [2.05, 4.69) is 17.4 Å². The smallest absolute Gasteiger partial charge is 0.253 e. The number of hydrogen-bond donors (Lipinski definition) is 1. The molecule has 3 rings (SSSR count). The fourth-order valence-corrected chi connectivity index (χ4v) is 2.76. The molecule has 1 fully saturated rings. The number of nitrogens with one attached hydrogen (secondary N) is 1. The molecule has 0 aromatic heterocycles. The first kappa shape index (κ1) is 13.4. The number of carbonyl (C=O) groups excluding carboxylic acids is 1. The third-order valence-corrected chi connectivity index (χ3v) is 3.75. The molecule has 1 aliphatic carbocycles. The van der Waals surface area contributed by atoms with Gasteiger partial charge in [-0.15, -0.1) is 12.4 Å². The van der Waals surface area contributed by atoms with E-state index < -0.39 is 0 Å². The highest BCUT2D eigenvalue weighted by atomic mass is 35.5. The van der Waals surface area contributed by atoms with Crippen LogP contribution in [0.1, 0.15) is 27.9 Å². The zero-order chi connectivity index (χ0) is 11.7. The van der Waals surface area contributed by atoms with Crippen LogP contribution in [0.15, 0.2) is 18.2 Å². The Morgan fingerprint density at radius 1 is 1.11 bits per heavy atom. The first-order chi connectivity index (χ1) is 8.34. The van der Waals surface area contributed by atoms with Crippen LogP contribution in [-0.4, -0.2) is 37.0 Å². The van der Waals surface area contributed by atoms with Gasteiger partial charge in [0, 0.05) is 31.7 Å². The Hall–Kier alpha value is -1.06. The maximum absolute atomic E-state index is 12.3. The summed E-state index contributed by atoms with van der Waals surface area (Å²) >= 11 is 0. The van der Waals surface area contributed by atoms with Crippen molar-refractivity contribution in [3.8, 4) is 0 Å². The van der Waals surface area contributed by atoms with Crippen molar-refractivity contribution in [1.29, 1.82) is 0 Å². The molecule has 0 spiro atoms. The standard InChI is InChI=1S/C14H18N2O.ClH/c17-14(16-8-6-15-7-9-16)13-5-4-11-2-1-3-12(11)10-13;/h4-5,10,15H,1-3,6-9H2;1H. The normalized spacial score (nSPS) is 18.1. The molecule has 2 aliphatic rings. The van der Waals surface area contributed by atoms with E-state index in [1.165, 1.54) is 24.0 Å². The van der Waals surface area contributed by atoms with Gasteiger partial charge < -0.3 is 10.2 Å². The van der Waals surface area contributed by atoms with Crippen LogP contribution in [0.4, 0.5) is 0 Å². The minimum atomic E-state index is 0. The summed E-state index contributed by atoms with van der Waals surface area (Å²) < 4.78 is 0. The first-order valence-corrected chi connectivity index (χ1v) is 6.46. The second-order valence-electron chi connectivity index (χ2n) is 4.88. The molecule has 1 heterocycles. The van der Waals surface area contributed by atoms with Gasteiger partial charge in [0.25, 0.3) is 5.91 Å². The summed E-state index contributed by atoms with van der Waals surface area (Å²) in [4.78, 5) is 14.2. The fourth-order valence-electron chi connectivity index (χ4n) is 2.76. The molecule has 0 bridgehead atoms. The number of piperazine rings is 1. The second-order valence-corrected chi connectivity index (χ2v) is 4.88. The molecule has 98 valence electrons. The lowest BCUT2D eigenvalue weighted by Gasteiger charge is -2.27. The summed E-state index contributed by atoms with van der Waals surface area (Å²) in [5, 5.41) is 3.27. The molecular formula is C14H19ClN2O. The zero-order valence-electron chi connectivity index (χ0n) is 10.4. The van der Waals surface area contributed by atoms with Gasteiger partial charge in [0.2, 0.25) is 0 Å². The number of carbonyl (C=O) groups is 1. The molecular weight excluding hydrogens is 248 g/mol. The average molecular weight is 267 g/mol. The lowest BCUT2D eigenvalue weighted by molar-refractivity contribution is 0.0735. The minimum Gasteiger partial charge on any atom is -0.336 e. The number of fused-ring (bicyclic) bond motifs is 1. The molecule has 0 saturated carbocycles. The average Bonchev–Trinajstić information content (AvgIpc) is 2.86. The Balaban J connectivity index is 0.00000120. The highest BCUT2D eigenvalue weighted by molar-refractivity contribution is 5.94. The third-order valence-electron chi connectivity index (χ3n) is 3.75.